The van der Waals surface area contributed by atoms with E-state index in [4.69, 9.17) is 10.5 Å². The number of hydrogen-bond donors (Lipinski definition) is 2. The number of nitrogens with two attached hydrogens (primary N) is 1. The van der Waals surface area contributed by atoms with E-state index in [1.54, 1.807) is 0 Å². The average molecular weight is 286 g/mol. The molecule has 0 saturated heterocycles. The molecule has 1 unspecified atom stereocenters. The molecule has 0 saturated carbocycles. The maximum absolute atomic E-state index is 11.7. The van der Waals surface area contributed by atoms with E-state index in [0.29, 0.717) is 31.3 Å². The predicted molar refractivity (Wildman–Crippen MR) is 84.6 cm³/mol. The highest BCUT2D eigenvalue weighted by Crippen LogP contribution is 2.20. The van der Waals surface area contributed by atoms with E-state index in [1.807, 2.05) is 0 Å². The van der Waals surface area contributed by atoms with Gasteiger partial charge in [-0.2, -0.15) is 0 Å². The Kier molecular flexibility index (Phi) is 13.0. The Labute approximate surface area is 124 Å². The quantitative estimate of drug-likeness (QED) is 0.512. The van der Waals surface area contributed by atoms with Gasteiger partial charge in [-0.05, 0) is 44.1 Å². The van der Waals surface area contributed by atoms with Gasteiger partial charge in [0.2, 0.25) is 5.91 Å². The van der Waals surface area contributed by atoms with Gasteiger partial charge in [0.1, 0.15) is 0 Å². The maximum atomic E-state index is 11.7. The normalized spacial score (nSPS) is 12.7. The van der Waals surface area contributed by atoms with Gasteiger partial charge >= 0.3 is 0 Å². The van der Waals surface area contributed by atoms with Crippen molar-refractivity contribution in [2.24, 2.45) is 17.6 Å². The lowest BCUT2D eigenvalue weighted by Gasteiger charge is -2.19. The molecule has 0 aromatic rings. The van der Waals surface area contributed by atoms with Crippen LogP contribution in [0.3, 0.4) is 0 Å². The second-order valence-corrected chi connectivity index (χ2v) is 5.79. The average Bonchev–Trinajstić information content (AvgIpc) is 2.42. The molecule has 20 heavy (non-hydrogen) atoms. The molecular weight excluding hydrogens is 252 g/mol. The molecule has 0 fully saturated rings. The fourth-order valence-corrected chi connectivity index (χ4v) is 2.18. The second-order valence-electron chi connectivity index (χ2n) is 5.79. The standard InChI is InChI=1S/C16H34N2O2/c1-4-5-12-20-13-6-11-18-16(19)8-7-15(9-10-17)14(2)3/h14-15H,4-13,17H2,1-3H3,(H,18,19). The van der Waals surface area contributed by atoms with Gasteiger partial charge in [0.25, 0.3) is 0 Å². The fourth-order valence-electron chi connectivity index (χ4n) is 2.18. The van der Waals surface area contributed by atoms with Crippen molar-refractivity contribution in [3.8, 4) is 0 Å². The van der Waals surface area contributed by atoms with Gasteiger partial charge in [0.05, 0.1) is 0 Å². The number of ether oxygens (including phenoxy) is 1. The highest BCUT2D eigenvalue weighted by atomic mass is 16.5. The summed E-state index contributed by atoms with van der Waals surface area (Å²) < 4.78 is 5.45. The van der Waals surface area contributed by atoms with Gasteiger partial charge in [-0.15, -0.1) is 0 Å². The van der Waals surface area contributed by atoms with Crippen LogP contribution >= 0.6 is 0 Å². The summed E-state index contributed by atoms with van der Waals surface area (Å²) in [6.45, 7) is 9.55. The first-order chi connectivity index (χ1) is 9.61. The minimum Gasteiger partial charge on any atom is -0.381 e. The molecule has 0 aromatic carbocycles. The second kappa shape index (κ2) is 13.4. The molecule has 4 nitrogen and oxygen atoms in total. The molecular formula is C16H34N2O2. The molecule has 0 aliphatic heterocycles. The third-order valence-corrected chi connectivity index (χ3v) is 3.65. The molecule has 1 atom stereocenters. The van der Waals surface area contributed by atoms with Crippen molar-refractivity contribution in [2.45, 2.75) is 59.3 Å². The molecule has 0 spiro atoms. The minimum absolute atomic E-state index is 0.154. The third kappa shape index (κ3) is 11.2. The van der Waals surface area contributed by atoms with Crippen molar-refractivity contribution < 1.29 is 9.53 Å². The van der Waals surface area contributed by atoms with Crippen LogP contribution in [-0.2, 0) is 9.53 Å². The molecule has 1 amide bonds. The fraction of sp³-hybridized carbons (Fsp3) is 0.938. The molecule has 0 aromatic heterocycles. The van der Waals surface area contributed by atoms with Crippen LogP contribution in [-0.4, -0.2) is 32.2 Å². The van der Waals surface area contributed by atoms with Gasteiger partial charge in [-0.1, -0.05) is 27.2 Å². The van der Waals surface area contributed by atoms with Crippen molar-refractivity contribution >= 4 is 5.91 Å². The maximum Gasteiger partial charge on any atom is 0.220 e. The molecule has 0 radical (unpaired) electrons. The number of rotatable bonds is 13. The topological polar surface area (TPSA) is 64.3 Å². The zero-order valence-corrected chi connectivity index (χ0v) is 13.6. The Morgan fingerprint density at radius 1 is 1.20 bits per heavy atom. The lowest BCUT2D eigenvalue weighted by atomic mass is 9.88. The zero-order chi connectivity index (χ0) is 15.2. The first kappa shape index (κ1) is 19.4. The van der Waals surface area contributed by atoms with E-state index in [-0.39, 0.29) is 5.91 Å². The van der Waals surface area contributed by atoms with Gasteiger partial charge in [-0.3, -0.25) is 4.79 Å². The summed E-state index contributed by atoms with van der Waals surface area (Å²) in [5, 5.41) is 2.96. The monoisotopic (exact) mass is 286 g/mol. The Hall–Kier alpha value is -0.610. The zero-order valence-electron chi connectivity index (χ0n) is 13.6. The molecule has 120 valence electrons. The lowest BCUT2D eigenvalue weighted by molar-refractivity contribution is -0.121. The molecule has 0 rings (SSSR count). The van der Waals surface area contributed by atoms with Crippen molar-refractivity contribution in [3.63, 3.8) is 0 Å². The molecule has 0 aliphatic rings. The van der Waals surface area contributed by atoms with E-state index in [1.165, 1.54) is 0 Å². The Morgan fingerprint density at radius 2 is 1.90 bits per heavy atom. The molecule has 4 heteroatoms. The van der Waals surface area contributed by atoms with E-state index < -0.39 is 0 Å². The summed E-state index contributed by atoms with van der Waals surface area (Å²) in [6, 6.07) is 0. The number of amides is 1. The van der Waals surface area contributed by atoms with Crippen LogP contribution < -0.4 is 11.1 Å². The first-order valence-corrected chi connectivity index (χ1v) is 8.16. The summed E-state index contributed by atoms with van der Waals surface area (Å²) in [7, 11) is 0. The third-order valence-electron chi connectivity index (χ3n) is 3.65. The minimum atomic E-state index is 0.154. The van der Waals surface area contributed by atoms with Crippen LogP contribution in [0.5, 0.6) is 0 Å². The van der Waals surface area contributed by atoms with Crippen LogP contribution in [0, 0.1) is 11.8 Å². The first-order valence-electron chi connectivity index (χ1n) is 8.16. The van der Waals surface area contributed by atoms with Crippen LogP contribution in [0.1, 0.15) is 59.3 Å². The lowest BCUT2D eigenvalue weighted by Crippen LogP contribution is -2.26. The Morgan fingerprint density at radius 3 is 2.50 bits per heavy atom. The molecule has 0 aliphatic carbocycles. The van der Waals surface area contributed by atoms with Gasteiger partial charge in [-0.25, -0.2) is 0 Å². The van der Waals surface area contributed by atoms with Crippen LogP contribution in [0.15, 0.2) is 0 Å². The summed E-state index contributed by atoms with van der Waals surface area (Å²) >= 11 is 0. The molecule has 3 N–H and O–H groups in total. The Balaban J connectivity index is 3.53. The number of nitrogens with one attached hydrogen (secondary N) is 1. The van der Waals surface area contributed by atoms with E-state index in [2.05, 4.69) is 26.1 Å². The summed E-state index contributed by atoms with van der Waals surface area (Å²) in [5.74, 6) is 1.31. The highest BCUT2D eigenvalue weighted by Gasteiger charge is 2.14. The van der Waals surface area contributed by atoms with Gasteiger partial charge in [0.15, 0.2) is 0 Å². The van der Waals surface area contributed by atoms with E-state index >= 15 is 0 Å². The number of hydrogen-bond acceptors (Lipinski definition) is 3. The SMILES string of the molecule is CCCCOCCCNC(=O)CCC(CCN)C(C)C. The van der Waals surface area contributed by atoms with Crippen LogP contribution in [0.25, 0.3) is 0 Å². The predicted octanol–water partition coefficient (Wildman–Crippen LogP) is 2.71. The van der Waals surface area contributed by atoms with E-state index in [9.17, 15) is 4.79 Å². The molecule has 0 heterocycles. The smallest absolute Gasteiger partial charge is 0.220 e. The van der Waals surface area contributed by atoms with Gasteiger partial charge < -0.3 is 15.8 Å². The summed E-state index contributed by atoms with van der Waals surface area (Å²) in [5.41, 5.74) is 5.61. The van der Waals surface area contributed by atoms with Crippen molar-refractivity contribution in [1.82, 2.24) is 5.32 Å². The van der Waals surface area contributed by atoms with Crippen molar-refractivity contribution in [1.29, 1.82) is 0 Å². The largest absolute Gasteiger partial charge is 0.381 e. The van der Waals surface area contributed by atoms with Crippen molar-refractivity contribution in [2.75, 3.05) is 26.3 Å². The number of carbonyl (C=O) groups excluding carboxylic acids is 1. The van der Waals surface area contributed by atoms with Gasteiger partial charge in [0, 0.05) is 26.2 Å². The van der Waals surface area contributed by atoms with Crippen LogP contribution in [0.2, 0.25) is 0 Å². The highest BCUT2D eigenvalue weighted by molar-refractivity contribution is 5.75. The van der Waals surface area contributed by atoms with Crippen LogP contribution in [0.4, 0.5) is 0 Å². The summed E-state index contributed by atoms with van der Waals surface area (Å²) in [4.78, 5) is 11.7. The number of unbranched alkanes of at least 4 members (excludes halogenated alkanes) is 1. The Bertz CT molecular complexity index is 233. The van der Waals surface area contributed by atoms with Crippen molar-refractivity contribution in [3.05, 3.63) is 0 Å². The summed E-state index contributed by atoms with van der Waals surface area (Å²) in [6.07, 6.45) is 5.73. The number of carbonyl (C=O) groups is 1. The molecule has 0 bridgehead atoms. The van der Waals surface area contributed by atoms with E-state index in [0.717, 1.165) is 45.3 Å².